The minimum Gasteiger partial charge on any atom is -0.232 e. The summed E-state index contributed by atoms with van der Waals surface area (Å²) in [5.74, 6) is 1.10. The zero-order chi connectivity index (χ0) is 11.9. The third-order valence-electron chi connectivity index (χ3n) is 2.62. The molecule has 0 aliphatic heterocycles. The second kappa shape index (κ2) is 4.02. The first-order chi connectivity index (χ1) is 7.49. The lowest BCUT2D eigenvalue weighted by Crippen LogP contribution is -2.00. The molecule has 0 spiro atoms. The Labute approximate surface area is 101 Å². The second-order valence-electron chi connectivity index (χ2n) is 4.51. The van der Waals surface area contributed by atoms with E-state index in [9.17, 15) is 0 Å². The number of halogens is 1. The molecule has 2 nitrogen and oxygen atoms in total. The van der Waals surface area contributed by atoms with E-state index in [-0.39, 0.29) is 0 Å². The lowest BCUT2D eigenvalue weighted by atomic mass is 10.1. The van der Waals surface area contributed by atoms with Gasteiger partial charge in [-0.1, -0.05) is 37.1 Å². The van der Waals surface area contributed by atoms with E-state index in [1.54, 1.807) is 0 Å². The van der Waals surface area contributed by atoms with Crippen LogP contribution in [0.4, 0.5) is 0 Å². The molecule has 0 unspecified atom stereocenters. The summed E-state index contributed by atoms with van der Waals surface area (Å²) in [7, 11) is 0. The molecule has 2 aromatic rings. The van der Waals surface area contributed by atoms with Crippen molar-refractivity contribution in [3.8, 4) is 0 Å². The summed E-state index contributed by atoms with van der Waals surface area (Å²) in [6.07, 6.45) is 0. The average Bonchev–Trinajstić information content (AvgIpc) is 2.19. The molecule has 0 aliphatic carbocycles. The number of benzene rings is 1. The topological polar surface area (TPSA) is 25.8 Å². The van der Waals surface area contributed by atoms with Crippen molar-refractivity contribution in [2.45, 2.75) is 33.6 Å². The highest BCUT2D eigenvalue weighted by Gasteiger charge is 2.10. The van der Waals surface area contributed by atoms with Crippen molar-refractivity contribution in [3.63, 3.8) is 0 Å². The summed E-state index contributed by atoms with van der Waals surface area (Å²) in [6, 6.07) is 4.16. The van der Waals surface area contributed by atoms with Gasteiger partial charge in [-0.15, -0.1) is 0 Å². The van der Waals surface area contributed by atoms with Crippen LogP contribution in [0.15, 0.2) is 12.1 Å². The molecule has 0 saturated heterocycles. The predicted octanol–water partition coefficient (Wildman–Crippen LogP) is 4.02. The Morgan fingerprint density at radius 3 is 2.44 bits per heavy atom. The van der Waals surface area contributed by atoms with Gasteiger partial charge in [0.05, 0.1) is 5.52 Å². The van der Waals surface area contributed by atoms with Gasteiger partial charge in [-0.25, -0.2) is 9.97 Å². The van der Waals surface area contributed by atoms with Gasteiger partial charge in [-0.3, -0.25) is 0 Å². The van der Waals surface area contributed by atoms with Crippen LogP contribution in [-0.4, -0.2) is 9.97 Å². The van der Waals surface area contributed by atoms with Crippen LogP contribution in [0.1, 0.15) is 36.7 Å². The number of fused-ring (bicyclic) bond motifs is 1. The number of hydrogen-bond donors (Lipinski definition) is 0. The highest BCUT2D eigenvalue weighted by atomic mass is 35.5. The minimum atomic E-state index is 0.294. The van der Waals surface area contributed by atoms with Gasteiger partial charge in [0.2, 0.25) is 0 Å². The Hall–Kier alpha value is -1.15. The number of rotatable bonds is 1. The van der Waals surface area contributed by atoms with Crippen LogP contribution < -0.4 is 0 Å². The molecule has 2 rings (SSSR count). The van der Waals surface area contributed by atoms with Crippen LogP contribution in [-0.2, 0) is 0 Å². The molecule has 1 heterocycles. The van der Waals surface area contributed by atoms with Crippen LogP contribution in [0, 0.1) is 13.8 Å². The van der Waals surface area contributed by atoms with E-state index in [0.29, 0.717) is 11.1 Å². The number of aromatic nitrogens is 2. The van der Waals surface area contributed by atoms with Gasteiger partial charge in [0.1, 0.15) is 11.0 Å². The summed E-state index contributed by atoms with van der Waals surface area (Å²) in [6.45, 7) is 8.25. The summed E-state index contributed by atoms with van der Waals surface area (Å²) < 4.78 is 0. The van der Waals surface area contributed by atoms with Crippen molar-refractivity contribution in [1.29, 1.82) is 0 Å². The standard InChI is InChI=1S/C13H15ClN2/c1-7(2)13-15-11-9(4)5-8(3)6-10(11)12(14)16-13/h5-7H,1-4H3. The molecule has 0 bridgehead atoms. The average molecular weight is 235 g/mol. The van der Waals surface area contributed by atoms with Crippen molar-refractivity contribution < 1.29 is 0 Å². The maximum atomic E-state index is 6.20. The van der Waals surface area contributed by atoms with E-state index >= 15 is 0 Å². The van der Waals surface area contributed by atoms with Crippen molar-refractivity contribution >= 4 is 22.5 Å². The van der Waals surface area contributed by atoms with Gasteiger partial charge >= 0.3 is 0 Å². The smallest absolute Gasteiger partial charge is 0.140 e. The van der Waals surface area contributed by atoms with Crippen LogP contribution in [0.2, 0.25) is 5.15 Å². The molecule has 0 fully saturated rings. The Morgan fingerprint density at radius 1 is 1.12 bits per heavy atom. The summed E-state index contributed by atoms with van der Waals surface area (Å²) in [5, 5.41) is 1.50. The van der Waals surface area contributed by atoms with Crippen LogP contribution in [0.5, 0.6) is 0 Å². The molecule has 0 saturated carbocycles. The molecule has 0 N–H and O–H groups in total. The largest absolute Gasteiger partial charge is 0.232 e. The first kappa shape index (κ1) is 11.3. The van der Waals surface area contributed by atoms with E-state index < -0.39 is 0 Å². The second-order valence-corrected chi connectivity index (χ2v) is 4.86. The van der Waals surface area contributed by atoms with Gasteiger partial charge in [0.25, 0.3) is 0 Å². The molecule has 1 aromatic heterocycles. The van der Waals surface area contributed by atoms with E-state index in [1.165, 1.54) is 5.56 Å². The zero-order valence-corrected chi connectivity index (χ0v) is 10.8. The van der Waals surface area contributed by atoms with E-state index in [1.807, 2.05) is 6.07 Å². The predicted molar refractivity (Wildman–Crippen MR) is 68.1 cm³/mol. The Kier molecular flexibility index (Phi) is 2.85. The zero-order valence-electron chi connectivity index (χ0n) is 10.0. The molecule has 0 amide bonds. The molecular formula is C13H15ClN2. The molecular weight excluding hydrogens is 220 g/mol. The molecule has 0 radical (unpaired) electrons. The molecule has 16 heavy (non-hydrogen) atoms. The fraction of sp³-hybridized carbons (Fsp3) is 0.385. The number of hydrogen-bond acceptors (Lipinski definition) is 2. The molecule has 3 heteroatoms. The van der Waals surface area contributed by atoms with Gasteiger partial charge < -0.3 is 0 Å². The van der Waals surface area contributed by atoms with Gasteiger partial charge in [-0.05, 0) is 25.5 Å². The number of nitrogens with zero attached hydrogens (tertiary/aromatic N) is 2. The Bertz CT molecular complexity index is 547. The van der Waals surface area contributed by atoms with Crippen molar-refractivity contribution in [2.75, 3.05) is 0 Å². The van der Waals surface area contributed by atoms with Crippen molar-refractivity contribution in [2.24, 2.45) is 0 Å². The first-order valence-corrected chi connectivity index (χ1v) is 5.81. The van der Waals surface area contributed by atoms with Crippen molar-refractivity contribution in [3.05, 3.63) is 34.2 Å². The first-order valence-electron chi connectivity index (χ1n) is 5.43. The summed E-state index contributed by atoms with van der Waals surface area (Å²) in [5.41, 5.74) is 3.31. The lowest BCUT2D eigenvalue weighted by Gasteiger charge is -2.09. The maximum Gasteiger partial charge on any atom is 0.140 e. The Balaban J connectivity index is 2.82. The highest BCUT2D eigenvalue weighted by Crippen LogP contribution is 2.26. The number of aryl methyl sites for hydroxylation is 2. The van der Waals surface area contributed by atoms with E-state index in [4.69, 9.17) is 11.6 Å². The third-order valence-corrected chi connectivity index (χ3v) is 2.91. The molecule has 84 valence electrons. The van der Waals surface area contributed by atoms with Gasteiger partial charge in [0, 0.05) is 11.3 Å². The van der Waals surface area contributed by atoms with E-state index in [2.05, 4.69) is 43.7 Å². The fourth-order valence-electron chi connectivity index (χ4n) is 1.82. The van der Waals surface area contributed by atoms with Crippen molar-refractivity contribution in [1.82, 2.24) is 9.97 Å². The van der Waals surface area contributed by atoms with E-state index in [0.717, 1.165) is 22.3 Å². The van der Waals surface area contributed by atoms with Crippen LogP contribution in [0.3, 0.4) is 0 Å². The summed E-state index contributed by atoms with van der Waals surface area (Å²) in [4.78, 5) is 8.92. The van der Waals surface area contributed by atoms with Crippen LogP contribution >= 0.6 is 11.6 Å². The normalized spacial score (nSPS) is 11.4. The van der Waals surface area contributed by atoms with Gasteiger partial charge in [-0.2, -0.15) is 0 Å². The minimum absolute atomic E-state index is 0.294. The Morgan fingerprint density at radius 2 is 1.81 bits per heavy atom. The fourth-order valence-corrected chi connectivity index (χ4v) is 2.05. The molecule has 1 aromatic carbocycles. The summed E-state index contributed by atoms with van der Waals surface area (Å²) >= 11 is 6.20. The highest BCUT2D eigenvalue weighted by molar-refractivity contribution is 6.34. The quantitative estimate of drug-likeness (QED) is 0.697. The molecule has 0 atom stereocenters. The third kappa shape index (κ3) is 1.90. The SMILES string of the molecule is Cc1cc(C)c2nc(C(C)C)nc(Cl)c2c1. The molecule has 0 aliphatic rings. The monoisotopic (exact) mass is 234 g/mol. The maximum absolute atomic E-state index is 6.20. The lowest BCUT2D eigenvalue weighted by molar-refractivity contribution is 0.782. The van der Waals surface area contributed by atoms with Gasteiger partial charge in [0.15, 0.2) is 0 Å². The van der Waals surface area contributed by atoms with Crippen LogP contribution in [0.25, 0.3) is 10.9 Å².